The van der Waals surface area contributed by atoms with Crippen LogP contribution in [0.15, 0.2) is 66.9 Å². The normalized spacial score (nSPS) is 12.5. The first-order valence-corrected chi connectivity index (χ1v) is 9.56. The molecule has 2 heterocycles. The summed E-state index contributed by atoms with van der Waals surface area (Å²) in [7, 11) is 0. The zero-order valence-corrected chi connectivity index (χ0v) is 15.9. The first-order valence-electron chi connectivity index (χ1n) is 9.56. The summed E-state index contributed by atoms with van der Waals surface area (Å²) in [4.78, 5) is 19.4. The number of hydrogen-bond donors (Lipinski definition) is 1. The maximum Gasteiger partial charge on any atom is 0.261 e. The topological polar surface area (TPSA) is 54.5 Å². The van der Waals surface area contributed by atoms with Crippen LogP contribution < -0.4 is 15.0 Å². The monoisotopic (exact) mass is 373 g/mol. The Morgan fingerprint density at radius 2 is 1.93 bits per heavy atom. The SMILES string of the molecule is CCOc1ncccc1C(=O)Nc1ccccc1CN1CCc2ccccc21. The number of fused-ring (bicyclic) bond motifs is 1. The van der Waals surface area contributed by atoms with Crippen molar-refractivity contribution in [2.75, 3.05) is 23.4 Å². The molecular formula is C23H23N3O2. The highest BCUT2D eigenvalue weighted by atomic mass is 16.5. The number of rotatable bonds is 6. The fourth-order valence-electron chi connectivity index (χ4n) is 3.56. The van der Waals surface area contributed by atoms with Gasteiger partial charge in [-0.05, 0) is 48.7 Å². The van der Waals surface area contributed by atoms with Crippen LogP contribution in [0.2, 0.25) is 0 Å². The van der Waals surface area contributed by atoms with Gasteiger partial charge in [0.2, 0.25) is 5.88 Å². The minimum Gasteiger partial charge on any atom is -0.477 e. The van der Waals surface area contributed by atoms with Gasteiger partial charge in [-0.25, -0.2) is 4.98 Å². The highest BCUT2D eigenvalue weighted by Gasteiger charge is 2.20. The molecule has 0 atom stereocenters. The van der Waals surface area contributed by atoms with E-state index in [0.717, 1.165) is 30.8 Å². The molecule has 0 saturated carbocycles. The van der Waals surface area contributed by atoms with Crippen LogP contribution in [0, 0.1) is 0 Å². The molecule has 1 aliphatic heterocycles. The van der Waals surface area contributed by atoms with Gasteiger partial charge in [0.25, 0.3) is 5.91 Å². The van der Waals surface area contributed by atoms with Gasteiger partial charge in [-0.1, -0.05) is 36.4 Å². The summed E-state index contributed by atoms with van der Waals surface area (Å²) in [5.74, 6) is 0.138. The summed E-state index contributed by atoms with van der Waals surface area (Å²) in [6, 6.07) is 19.9. The van der Waals surface area contributed by atoms with Gasteiger partial charge in [-0.2, -0.15) is 0 Å². The summed E-state index contributed by atoms with van der Waals surface area (Å²) in [6.45, 7) is 4.07. The average molecular weight is 373 g/mol. The van der Waals surface area contributed by atoms with Crippen molar-refractivity contribution in [1.82, 2.24) is 4.98 Å². The van der Waals surface area contributed by atoms with E-state index in [4.69, 9.17) is 4.74 Å². The fourth-order valence-corrected chi connectivity index (χ4v) is 3.56. The van der Waals surface area contributed by atoms with E-state index in [1.807, 2.05) is 25.1 Å². The summed E-state index contributed by atoms with van der Waals surface area (Å²) in [5, 5.41) is 3.04. The second-order valence-corrected chi connectivity index (χ2v) is 6.70. The van der Waals surface area contributed by atoms with Crippen LogP contribution >= 0.6 is 0 Å². The maximum absolute atomic E-state index is 12.9. The number of amides is 1. The van der Waals surface area contributed by atoms with Gasteiger partial charge in [0.1, 0.15) is 5.56 Å². The van der Waals surface area contributed by atoms with Crippen LogP contribution in [0.4, 0.5) is 11.4 Å². The second-order valence-electron chi connectivity index (χ2n) is 6.70. The molecule has 2 aromatic carbocycles. The van der Waals surface area contributed by atoms with Crippen molar-refractivity contribution in [3.05, 3.63) is 83.6 Å². The molecule has 1 amide bonds. The number of hydrogen-bond acceptors (Lipinski definition) is 4. The Morgan fingerprint density at radius 1 is 1.11 bits per heavy atom. The Bertz CT molecular complexity index is 987. The molecule has 0 aliphatic carbocycles. The Kier molecular flexibility index (Phi) is 5.24. The molecule has 1 N–H and O–H groups in total. The summed E-state index contributed by atoms with van der Waals surface area (Å²) >= 11 is 0. The number of para-hydroxylation sites is 2. The first kappa shape index (κ1) is 18.0. The molecule has 0 saturated heterocycles. The van der Waals surface area contributed by atoms with E-state index in [1.165, 1.54) is 11.3 Å². The lowest BCUT2D eigenvalue weighted by Gasteiger charge is -2.21. The molecule has 1 aromatic heterocycles. The Hall–Kier alpha value is -3.34. The number of nitrogens with one attached hydrogen (secondary N) is 1. The van der Waals surface area contributed by atoms with Crippen molar-refractivity contribution in [2.24, 2.45) is 0 Å². The van der Waals surface area contributed by atoms with E-state index in [-0.39, 0.29) is 5.91 Å². The summed E-state index contributed by atoms with van der Waals surface area (Å²) in [6.07, 6.45) is 2.68. The number of anilines is 2. The minimum absolute atomic E-state index is 0.217. The molecule has 0 spiro atoms. The molecule has 28 heavy (non-hydrogen) atoms. The maximum atomic E-state index is 12.9. The standard InChI is InChI=1S/C23H23N3O2/c1-2-28-23-19(10-7-14-24-23)22(27)25-20-11-5-3-9-18(20)16-26-15-13-17-8-4-6-12-21(17)26/h3-12,14H,2,13,15-16H2,1H3,(H,25,27). The molecular weight excluding hydrogens is 350 g/mol. The highest BCUT2D eigenvalue weighted by Crippen LogP contribution is 2.30. The zero-order chi connectivity index (χ0) is 19.3. The van der Waals surface area contributed by atoms with Crippen LogP contribution in [0.1, 0.15) is 28.4 Å². The lowest BCUT2D eigenvalue weighted by Crippen LogP contribution is -2.22. The smallest absolute Gasteiger partial charge is 0.261 e. The van der Waals surface area contributed by atoms with Crippen molar-refractivity contribution in [3.63, 3.8) is 0 Å². The second kappa shape index (κ2) is 8.13. The van der Waals surface area contributed by atoms with Gasteiger partial charge in [-0.15, -0.1) is 0 Å². The fraction of sp³-hybridized carbons (Fsp3) is 0.217. The van der Waals surface area contributed by atoms with Crippen molar-refractivity contribution in [2.45, 2.75) is 19.9 Å². The summed E-state index contributed by atoms with van der Waals surface area (Å²) in [5.41, 5.74) is 4.97. The van der Waals surface area contributed by atoms with Crippen molar-refractivity contribution >= 4 is 17.3 Å². The largest absolute Gasteiger partial charge is 0.477 e. The van der Waals surface area contributed by atoms with Gasteiger partial charge in [-0.3, -0.25) is 4.79 Å². The third kappa shape index (κ3) is 3.69. The van der Waals surface area contributed by atoms with Crippen LogP contribution in [-0.2, 0) is 13.0 Å². The number of aromatic nitrogens is 1. The van der Waals surface area contributed by atoms with E-state index < -0.39 is 0 Å². The Morgan fingerprint density at radius 3 is 2.82 bits per heavy atom. The molecule has 5 heteroatoms. The minimum atomic E-state index is -0.217. The number of carbonyl (C=O) groups is 1. The highest BCUT2D eigenvalue weighted by molar-refractivity contribution is 6.06. The lowest BCUT2D eigenvalue weighted by molar-refractivity contribution is 0.102. The van der Waals surface area contributed by atoms with Crippen LogP contribution in [0.3, 0.4) is 0 Å². The van der Waals surface area contributed by atoms with Crippen molar-refractivity contribution in [1.29, 1.82) is 0 Å². The molecule has 3 aromatic rings. The van der Waals surface area contributed by atoms with Crippen LogP contribution in [-0.4, -0.2) is 24.0 Å². The third-order valence-corrected chi connectivity index (χ3v) is 4.91. The van der Waals surface area contributed by atoms with Crippen molar-refractivity contribution in [3.8, 4) is 5.88 Å². The van der Waals surface area contributed by atoms with Crippen molar-refractivity contribution < 1.29 is 9.53 Å². The van der Waals surface area contributed by atoms with Crippen LogP contribution in [0.5, 0.6) is 5.88 Å². The number of carbonyl (C=O) groups excluding carboxylic acids is 1. The Labute approximate surface area is 165 Å². The quantitative estimate of drug-likeness (QED) is 0.700. The molecule has 4 rings (SSSR count). The summed E-state index contributed by atoms with van der Waals surface area (Å²) < 4.78 is 5.49. The number of ether oxygens (including phenoxy) is 1. The molecule has 142 valence electrons. The number of nitrogens with zero attached hydrogens (tertiary/aromatic N) is 2. The van der Waals surface area contributed by atoms with Gasteiger partial charge < -0.3 is 15.0 Å². The van der Waals surface area contributed by atoms with E-state index in [2.05, 4.69) is 45.5 Å². The first-order chi connectivity index (χ1) is 13.8. The average Bonchev–Trinajstić information content (AvgIpc) is 3.13. The molecule has 1 aliphatic rings. The van der Waals surface area contributed by atoms with Gasteiger partial charge in [0, 0.05) is 30.7 Å². The predicted molar refractivity (Wildman–Crippen MR) is 111 cm³/mol. The number of benzene rings is 2. The number of pyridine rings is 1. The molecule has 0 fully saturated rings. The Balaban J connectivity index is 1.55. The van der Waals surface area contributed by atoms with E-state index >= 15 is 0 Å². The van der Waals surface area contributed by atoms with Gasteiger partial charge in [0.05, 0.1) is 6.61 Å². The molecule has 0 unspecified atom stereocenters. The van der Waals surface area contributed by atoms with E-state index in [9.17, 15) is 4.79 Å². The molecule has 5 nitrogen and oxygen atoms in total. The molecule has 0 radical (unpaired) electrons. The lowest BCUT2D eigenvalue weighted by atomic mass is 10.1. The third-order valence-electron chi connectivity index (χ3n) is 4.91. The van der Waals surface area contributed by atoms with Crippen LogP contribution in [0.25, 0.3) is 0 Å². The van der Waals surface area contributed by atoms with Gasteiger partial charge >= 0.3 is 0 Å². The molecule has 0 bridgehead atoms. The predicted octanol–water partition coefficient (Wildman–Crippen LogP) is 4.30. The van der Waals surface area contributed by atoms with E-state index in [0.29, 0.717) is 18.1 Å². The van der Waals surface area contributed by atoms with Gasteiger partial charge in [0.15, 0.2) is 0 Å². The van der Waals surface area contributed by atoms with E-state index in [1.54, 1.807) is 18.3 Å². The zero-order valence-electron chi connectivity index (χ0n) is 15.9.